The van der Waals surface area contributed by atoms with E-state index in [4.69, 9.17) is 5.73 Å². The summed E-state index contributed by atoms with van der Waals surface area (Å²) in [5.74, 6) is 0.634. The highest BCUT2D eigenvalue weighted by molar-refractivity contribution is 5.88. The fourth-order valence-electron chi connectivity index (χ4n) is 2.26. The third-order valence-corrected chi connectivity index (χ3v) is 3.32. The van der Waals surface area contributed by atoms with Gasteiger partial charge in [-0.3, -0.25) is 14.6 Å². The van der Waals surface area contributed by atoms with Crippen molar-refractivity contribution in [1.29, 1.82) is 0 Å². The molecule has 3 aromatic heterocycles. The van der Waals surface area contributed by atoms with E-state index in [1.165, 1.54) is 0 Å². The second kappa shape index (κ2) is 4.77. The minimum absolute atomic E-state index is 0.634. The van der Waals surface area contributed by atoms with Gasteiger partial charge in [0.2, 0.25) is 0 Å². The molecule has 0 bridgehead atoms. The Kier molecular flexibility index (Phi) is 2.95. The zero-order valence-electron chi connectivity index (χ0n) is 11.4. The van der Waals surface area contributed by atoms with Crippen LogP contribution in [0.2, 0.25) is 0 Å². The number of nitrogens with zero attached hydrogens (tertiary/aromatic N) is 4. The molecule has 0 unspecified atom stereocenters. The van der Waals surface area contributed by atoms with Gasteiger partial charge in [0, 0.05) is 36.9 Å². The van der Waals surface area contributed by atoms with Gasteiger partial charge in [0.05, 0.1) is 5.56 Å². The van der Waals surface area contributed by atoms with Crippen molar-refractivity contribution in [2.24, 2.45) is 7.05 Å². The van der Waals surface area contributed by atoms with Gasteiger partial charge in [0.25, 0.3) is 0 Å². The van der Waals surface area contributed by atoms with E-state index < -0.39 is 0 Å². The third-order valence-electron chi connectivity index (χ3n) is 3.32. The van der Waals surface area contributed by atoms with Gasteiger partial charge in [-0.05, 0) is 36.8 Å². The minimum Gasteiger partial charge on any atom is -0.383 e. The zero-order chi connectivity index (χ0) is 14.1. The van der Waals surface area contributed by atoms with Crippen LogP contribution in [0.25, 0.3) is 22.4 Å². The van der Waals surface area contributed by atoms with Crippen LogP contribution < -0.4 is 5.73 Å². The average molecular weight is 265 g/mol. The van der Waals surface area contributed by atoms with Crippen molar-refractivity contribution >= 4 is 5.82 Å². The Balaban J connectivity index is 2.28. The fourth-order valence-corrected chi connectivity index (χ4v) is 2.26. The molecule has 20 heavy (non-hydrogen) atoms. The number of hydrogen-bond acceptors (Lipinski definition) is 4. The number of pyridine rings is 2. The first kappa shape index (κ1) is 12.3. The maximum atomic E-state index is 6.18. The third kappa shape index (κ3) is 1.93. The van der Waals surface area contributed by atoms with Gasteiger partial charge in [-0.15, -0.1) is 0 Å². The highest BCUT2D eigenvalue weighted by Crippen LogP contribution is 2.36. The Morgan fingerprint density at radius 2 is 1.85 bits per heavy atom. The van der Waals surface area contributed by atoms with Crippen LogP contribution >= 0.6 is 0 Å². The van der Waals surface area contributed by atoms with Crippen LogP contribution in [-0.2, 0) is 7.05 Å². The van der Waals surface area contributed by atoms with Crippen LogP contribution in [0, 0.1) is 6.92 Å². The topological polar surface area (TPSA) is 69.6 Å². The summed E-state index contributed by atoms with van der Waals surface area (Å²) in [7, 11) is 1.84. The molecule has 0 atom stereocenters. The van der Waals surface area contributed by atoms with E-state index in [9.17, 15) is 0 Å². The molecule has 0 aromatic carbocycles. The van der Waals surface area contributed by atoms with E-state index in [-0.39, 0.29) is 0 Å². The van der Waals surface area contributed by atoms with Gasteiger partial charge in [-0.25, -0.2) is 0 Å². The van der Waals surface area contributed by atoms with Crippen molar-refractivity contribution in [1.82, 2.24) is 19.7 Å². The molecule has 0 aliphatic carbocycles. The van der Waals surface area contributed by atoms with Crippen LogP contribution in [0.1, 0.15) is 5.69 Å². The smallest absolute Gasteiger partial charge is 0.129 e. The van der Waals surface area contributed by atoms with Crippen molar-refractivity contribution in [3.8, 4) is 22.4 Å². The number of aryl methyl sites for hydroxylation is 2. The lowest BCUT2D eigenvalue weighted by atomic mass is 10.0. The largest absolute Gasteiger partial charge is 0.383 e. The van der Waals surface area contributed by atoms with E-state index >= 15 is 0 Å². The van der Waals surface area contributed by atoms with E-state index in [2.05, 4.69) is 15.1 Å². The van der Waals surface area contributed by atoms with Crippen LogP contribution in [0.3, 0.4) is 0 Å². The predicted molar refractivity (Wildman–Crippen MR) is 78.8 cm³/mol. The number of rotatable bonds is 2. The first-order valence-electron chi connectivity index (χ1n) is 6.33. The summed E-state index contributed by atoms with van der Waals surface area (Å²) in [5, 5.41) is 4.55. The highest BCUT2D eigenvalue weighted by Gasteiger charge is 2.18. The SMILES string of the molecule is Cc1ncccc1-c1nn(C)c(N)c1-c1ccncc1. The molecule has 5 nitrogen and oxygen atoms in total. The molecule has 5 heteroatoms. The Hall–Kier alpha value is -2.69. The van der Waals surface area contributed by atoms with Crippen molar-refractivity contribution in [2.75, 3.05) is 5.73 Å². The maximum absolute atomic E-state index is 6.18. The summed E-state index contributed by atoms with van der Waals surface area (Å²) in [6.07, 6.45) is 5.28. The monoisotopic (exact) mass is 265 g/mol. The molecular formula is C15H15N5. The lowest BCUT2D eigenvalue weighted by molar-refractivity contribution is 0.782. The number of nitrogens with two attached hydrogens (primary N) is 1. The Bertz CT molecular complexity index is 746. The molecule has 3 aromatic rings. The Labute approximate surface area is 117 Å². The fraction of sp³-hybridized carbons (Fsp3) is 0.133. The van der Waals surface area contributed by atoms with Crippen molar-refractivity contribution in [2.45, 2.75) is 6.92 Å². The van der Waals surface area contributed by atoms with Gasteiger partial charge in [-0.2, -0.15) is 5.10 Å². The predicted octanol–water partition coefficient (Wildman–Crippen LogP) is 2.43. The van der Waals surface area contributed by atoms with Gasteiger partial charge in [0.15, 0.2) is 0 Å². The summed E-state index contributed by atoms with van der Waals surface area (Å²) >= 11 is 0. The molecule has 3 rings (SSSR count). The molecule has 0 amide bonds. The first-order valence-corrected chi connectivity index (χ1v) is 6.33. The second-order valence-corrected chi connectivity index (χ2v) is 4.60. The van der Waals surface area contributed by atoms with E-state index in [0.717, 1.165) is 28.1 Å². The lowest BCUT2D eigenvalue weighted by Gasteiger charge is -2.05. The molecular weight excluding hydrogens is 250 g/mol. The molecule has 0 spiro atoms. The Morgan fingerprint density at radius 3 is 2.55 bits per heavy atom. The lowest BCUT2D eigenvalue weighted by Crippen LogP contribution is -1.97. The second-order valence-electron chi connectivity index (χ2n) is 4.60. The van der Waals surface area contributed by atoms with Gasteiger partial charge in [-0.1, -0.05) is 0 Å². The molecule has 0 radical (unpaired) electrons. The molecule has 0 saturated heterocycles. The zero-order valence-corrected chi connectivity index (χ0v) is 11.4. The summed E-state index contributed by atoms with van der Waals surface area (Å²) in [6, 6.07) is 7.78. The average Bonchev–Trinajstić information content (AvgIpc) is 2.76. The van der Waals surface area contributed by atoms with E-state index in [1.54, 1.807) is 23.3 Å². The normalized spacial score (nSPS) is 10.7. The minimum atomic E-state index is 0.634. The van der Waals surface area contributed by atoms with E-state index in [0.29, 0.717) is 5.82 Å². The molecule has 100 valence electrons. The number of anilines is 1. The van der Waals surface area contributed by atoms with Crippen LogP contribution in [0.15, 0.2) is 42.9 Å². The van der Waals surface area contributed by atoms with Crippen molar-refractivity contribution in [3.05, 3.63) is 48.5 Å². The van der Waals surface area contributed by atoms with Crippen LogP contribution in [-0.4, -0.2) is 19.7 Å². The number of aromatic nitrogens is 4. The summed E-state index contributed by atoms with van der Waals surface area (Å²) < 4.78 is 1.69. The van der Waals surface area contributed by atoms with Crippen LogP contribution in [0.4, 0.5) is 5.82 Å². The highest BCUT2D eigenvalue weighted by atomic mass is 15.3. The molecule has 0 aliphatic rings. The van der Waals surface area contributed by atoms with Crippen LogP contribution in [0.5, 0.6) is 0 Å². The molecule has 2 N–H and O–H groups in total. The van der Waals surface area contributed by atoms with Crippen molar-refractivity contribution < 1.29 is 0 Å². The molecule has 0 fully saturated rings. The summed E-state index contributed by atoms with van der Waals surface area (Å²) in [6.45, 7) is 1.97. The first-order chi connectivity index (χ1) is 9.68. The molecule has 0 saturated carbocycles. The Morgan fingerprint density at radius 1 is 1.10 bits per heavy atom. The van der Waals surface area contributed by atoms with E-state index in [1.807, 2.05) is 38.2 Å². The molecule has 3 heterocycles. The summed E-state index contributed by atoms with van der Waals surface area (Å²) in [4.78, 5) is 8.37. The van der Waals surface area contributed by atoms with Gasteiger partial charge < -0.3 is 5.73 Å². The number of nitrogen functional groups attached to an aromatic ring is 1. The van der Waals surface area contributed by atoms with Crippen molar-refractivity contribution in [3.63, 3.8) is 0 Å². The van der Waals surface area contributed by atoms with Gasteiger partial charge in [0.1, 0.15) is 11.5 Å². The van der Waals surface area contributed by atoms with Gasteiger partial charge >= 0.3 is 0 Å². The molecule has 0 aliphatic heterocycles. The number of hydrogen-bond donors (Lipinski definition) is 1. The maximum Gasteiger partial charge on any atom is 0.129 e. The standard InChI is InChI=1S/C15H15N5/c1-10-12(4-3-7-18-10)14-13(15(16)20(2)19-14)11-5-8-17-9-6-11/h3-9H,16H2,1-2H3. The summed E-state index contributed by atoms with van der Waals surface area (Å²) in [5.41, 5.74) is 10.9. The quantitative estimate of drug-likeness (QED) is 0.772.